The van der Waals surface area contributed by atoms with Crippen LogP contribution in [0.25, 0.3) is 0 Å². The quantitative estimate of drug-likeness (QED) is 0.534. The van der Waals surface area contributed by atoms with Crippen LogP contribution in [0.15, 0.2) is 48.5 Å². The normalized spacial score (nSPS) is 16.6. The molecular formula is C29H35N3O4. The van der Waals surface area contributed by atoms with E-state index in [1.54, 1.807) is 36.1 Å². The number of carbonyl (C=O) groups is 4. The molecular weight excluding hydrogens is 454 g/mol. The molecule has 0 unspecified atom stereocenters. The molecule has 2 aromatic rings. The van der Waals surface area contributed by atoms with Crippen LogP contribution in [0.1, 0.15) is 83.7 Å². The molecule has 0 radical (unpaired) electrons. The second-order valence-electron chi connectivity index (χ2n) is 9.94. The van der Waals surface area contributed by atoms with Crippen molar-refractivity contribution in [3.05, 3.63) is 70.8 Å². The molecule has 7 nitrogen and oxygen atoms in total. The number of amides is 4. The molecule has 7 heteroatoms. The zero-order valence-corrected chi connectivity index (χ0v) is 21.2. The van der Waals surface area contributed by atoms with Gasteiger partial charge in [0, 0.05) is 25.6 Å². The molecule has 36 heavy (non-hydrogen) atoms. The van der Waals surface area contributed by atoms with Gasteiger partial charge in [0.05, 0.1) is 11.1 Å². The molecule has 0 bridgehead atoms. The van der Waals surface area contributed by atoms with Gasteiger partial charge in [0.1, 0.15) is 6.04 Å². The third-order valence-electron chi connectivity index (χ3n) is 7.20. The average molecular weight is 490 g/mol. The highest BCUT2D eigenvalue weighted by Gasteiger charge is 2.35. The van der Waals surface area contributed by atoms with E-state index in [0.29, 0.717) is 24.1 Å². The van der Waals surface area contributed by atoms with E-state index < -0.39 is 6.04 Å². The van der Waals surface area contributed by atoms with E-state index in [0.717, 1.165) is 36.8 Å². The minimum Gasteiger partial charge on any atom is -0.352 e. The molecule has 0 aromatic heterocycles. The fraction of sp³-hybridized carbons (Fsp3) is 0.448. The van der Waals surface area contributed by atoms with Crippen LogP contribution in [0.5, 0.6) is 0 Å². The monoisotopic (exact) mass is 489 g/mol. The van der Waals surface area contributed by atoms with Crippen molar-refractivity contribution in [2.75, 3.05) is 6.54 Å². The maximum atomic E-state index is 13.4. The fourth-order valence-electron chi connectivity index (χ4n) is 5.13. The molecule has 0 saturated heterocycles. The van der Waals surface area contributed by atoms with Crippen molar-refractivity contribution in [3.63, 3.8) is 0 Å². The van der Waals surface area contributed by atoms with Gasteiger partial charge < -0.3 is 10.2 Å². The molecule has 190 valence electrons. The molecule has 1 aliphatic heterocycles. The minimum atomic E-state index is -0.626. The molecule has 1 saturated carbocycles. The Labute approximate surface area is 212 Å². The van der Waals surface area contributed by atoms with Crippen molar-refractivity contribution in [3.8, 4) is 0 Å². The van der Waals surface area contributed by atoms with Crippen LogP contribution in [0.2, 0.25) is 0 Å². The van der Waals surface area contributed by atoms with Crippen molar-refractivity contribution in [2.45, 2.75) is 77.4 Å². The van der Waals surface area contributed by atoms with Crippen molar-refractivity contribution in [1.82, 2.24) is 15.1 Å². The molecule has 4 amide bonds. The SMILES string of the molecule is Cc1cccc(CN(C(=O)CCCN2C(=O)c3ccccc3C2=O)[C@@H](C)C(=O)NC2CCCCC2)c1. The topological polar surface area (TPSA) is 86.8 Å². The molecule has 2 aromatic carbocycles. The summed E-state index contributed by atoms with van der Waals surface area (Å²) < 4.78 is 0. The summed E-state index contributed by atoms with van der Waals surface area (Å²) in [6.45, 7) is 4.26. The zero-order valence-electron chi connectivity index (χ0n) is 21.2. The van der Waals surface area contributed by atoms with Crippen LogP contribution >= 0.6 is 0 Å². The van der Waals surface area contributed by atoms with Gasteiger partial charge in [0.15, 0.2) is 0 Å². The summed E-state index contributed by atoms with van der Waals surface area (Å²) in [5, 5.41) is 3.14. The lowest BCUT2D eigenvalue weighted by Gasteiger charge is -2.31. The Hall–Kier alpha value is -3.48. The van der Waals surface area contributed by atoms with Gasteiger partial charge in [-0.2, -0.15) is 0 Å². The summed E-state index contributed by atoms with van der Waals surface area (Å²) in [7, 11) is 0. The van der Waals surface area contributed by atoms with Crippen molar-refractivity contribution >= 4 is 23.6 Å². The number of hydrogen-bond acceptors (Lipinski definition) is 4. The largest absolute Gasteiger partial charge is 0.352 e. The van der Waals surface area contributed by atoms with Crippen molar-refractivity contribution in [1.29, 1.82) is 0 Å². The molecule has 2 aliphatic rings. The Balaban J connectivity index is 1.41. The van der Waals surface area contributed by atoms with E-state index in [-0.39, 0.29) is 42.6 Å². The maximum Gasteiger partial charge on any atom is 0.261 e. The summed E-state index contributed by atoms with van der Waals surface area (Å²) in [6, 6.07) is 14.2. The highest BCUT2D eigenvalue weighted by Crippen LogP contribution is 2.23. The Morgan fingerprint density at radius 2 is 1.67 bits per heavy atom. The molecule has 1 atom stereocenters. The predicted octanol–water partition coefficient (Wildman–Crippen LogP) is 4.24. The number of aryl methyl sites for hydroxylation is 1. The van der Waals surface area contributed by atoms with Crippen LogP contribution in [-0.4, -0.2) is 52.1 Å². The van der Waals surface area contributed by atoms with Gasteiger partial charge in [-0.05, 0) is 50.8 Å². The van der Waals surface area contributed by atoms with Gasteiger partial charge in [-0.3, -0.25) is 24.1 Å². The number of carbonyl (C=O) groups excluding carboxylic acids is 4. The highest BCUT2D eigenvalue weighted by atomic mass is 16.2. The van der Waals surface area contributed by atoms with Crippen LogP contribution in [0.4, 0.5) is 0 Å². The lowest BCUT2D eigenvalue weighted by Crippen LogP contribution is -2.50. The Bertz CT molecular complexity index is 1100. The molecule has 0 spiro atoms. The van der Waals surface area contributed by atoms with E-state index in [9.17, 15) is 19.2 Å². The van der Waals surface area contributed by atoms with E-state index in [1.165, 1.54) is 11.3 Å². The van der Waals surface area contributed by atoms with E-state index >= 15 is 0 Å². The summed E-state index contributed by atoms with van der Waals surface area (Å²) in [4.78, 5) is 54.6. The highest BCUT2D eigenvalue weighted by molar-refractivity contribution is 6.21. The number of nitrogens with zero attached hydrogens (tertiary/aromatic N) is 2. The smallest absolute Gasteiger partial charge is 0.261 e. The van der Waals surface area contributed by atoms with E-state index in [4.69, 9.17) is 0 Å². The van der Waals surface area contributed by atoms with E-state index in [2.05, 4.69) is 5.32 Å². The third kappa shape index (κ3) is 5.83. The second-order valence-corrected chi connectivity index (χ2v) is 9.94. The molecule has 4 rings (SSSR count). The Kier molecular flexibility index (Phi) is 8.18. The van der Waals surface area contributed by atoms with Gasteiger partial charge in [-0.15, -0.1) is 0 Å². The van der Waals surface area contributed by atoms with Gasteiger partial charge in [-0.1, -0.05) is 61.2 Å². The summed E-state index contributed by atoms with van der Waals surface area (Å²) in [5.74, 6) is -0.942. The van der Waals surface area contributed by atoms with Crippen LogP contribution in [0, 0.1) is 6.92 Å². The number of benzene rings is 2. The number of fused-ring (bicyclic) bond motifs is 1. The molecule has 1 fully saturated rings. The molecule has 1 N–H and O–H groups in total. The van der Waals surface area contributed by atoms with Crippen LogP contribution in [0.3, 0.4) is 0 Å². The number of nitrogens with one attached hydrogen (secondary N) is 1. The zero-order chi connectivity index (χ0) is 25.7. The summed E-state index contributed by atoms with van der Waals surface area (Å²) in [5.41, 5.74) is 2.86. The van der Waals surface area contributed by atoms with Gasteiger partial charge in [0.25, 0.3) is 11.8 Å². The van der Waals surface area contributed by atoms with Gasteiger partial charge in [-0.25, -0.2) is 0 Å². The van der Waals surface area contributed by atoms with E-state index in [1.807, 2.05) is 31.2 Å². The third-order valence-corrected chi connectivity index (χ3v) is 7.20. The molecule has 1 heterocycles. The Morgan fingerprint density at radius 3 is 2.31 bits per heavy atom. The first-order valence-electron chi connectivity index (χ1n) is 13.0. The minimum absolute atomic E-state index is 0.136. The fourth-order valence-corrected chi connectivity index (χ4v) is 5.13. The number of imide groups is 1. The lowest BCUT2D eigenvalue weighted by molar-refractivity contribution is -0.141. The van der Waals surface area contributed by atoms with Gasteiger partial charge in [0.2, 0.25) is 11.8 Å². The van der Waals surface area contributed by atoms with Gasteiger partial charge >= 0.3 is 0 Å². The Morgan fingerprint density at radius 1 is 1.00 bits per heavy atom. The van der Waals surface area contributed by atoms with Crippen LogP contribution < -0.4 is 5.32 Å². The predicted molar refractivity (Wildman–Crippen MR) is 137 cm³/mol. The molecule has 1 aliphatic carbocycles. The van der Waals surface area contributed by atoms with Crippen molar-refractivity contribution in [2.24, 2.45) is 0 Å². The standard InChI is InChI=1S/C29H35N3O4/c1-20-10-8-11-22(18-20)19-32(21(2)27(34)30-23-12-4-3-5-13-23)26(33)16-9-17-31-28(35)24-14-6-7-15-25(24)29(31)36/h6-8,10-11,14-15,18,21,23H,3-5,9,12-13,16-17,19H2,1-2H3,(H,30,34)/t21-/m0/s1. The second kappa shape index (κ2) is 11.5. The maximum absolute atomic E-state index is 13.4. The summed E-state index contributed by atoms with van der Waals surface area (Å²) in [6.07, 6.45) is 5.86. The first-order chi connectivity index (χ1) is 17.3. The number of hydrogen-bond donors (Lipinski definition) is 1. The summed E-state index contributed by atoms with van der Waals surface area (Å²) >= 11 is 0. The average Bonchev–Trinajstić information content (AvgIpc) is 3.12. The van der Waals surface area contributed by atoms with Crippen molar-refractivity contribution < 1.29 is 19.2 Å². The first-order valence-corrected chi connectivity index (χ1v) is 13.0. The van der Waals surface area contributed by atoms with Crippen LogP contribution in [-0.2, 0) is 16.1 Å². The first kappa shape index (κ1) is 25.6. The lowest BCUT2D eigenvalue weighted by atomic mass is 9.95. The number of rotatable bonds is 9.